The average molecular weight is 336 g/mol. The molecule has 0 amide bonds. The van der Waals surface area contributed by atoms with Crippen molar-refractivity contribution < 1.29 is 9.47 Å². The van der Waals surface area contributed by atoms with E-state index in [-0.39, 0.29) is 6.10 Å². The summed E-state index contributed by atoms with van der Waals surface area (Å²) in [4.78, 5) is 0. The van der Waals surface area contributed by atoms with Gasteiger partial charge >= 0.3 is 0 Å². The van der Waals surface area contributed by atoms with Crippen molar-refractivity contribution in [3.05, 3.63) is 58.1 Å². The Balaban J connectivity index is 2.21. The number of rotatable bonds is 5. The van der Waals surface area contributed by atoms with Crippen molar-refractivity contribution in [3.63, 3.8) is 0 Å². The first-order valence-corrected chi connectivity index (χ1v) is 7.20. The zero-order chi connectivity index (χ0) is 14.5. The van der Waals surface area contributed by atoms with Crippen LogP contribution in [0.2, 0.25) is 0 Å². The molecule has 2 aromatic carbocycles. The molecule has 2 rings (SSSR count). The molecule has 0 aliphatic carbocycles. The van der Waals surface area contributed by atoms with Gasteiger partial charge in [0, 0.05) is 11.0 Å². The Morgan fingerprint density at radius 3 is 2.45 bits per heavy atom. The van der Waals surface area contributed by atoms with Crippen LogP contribution in [0.1, 0.15) is 17.2 Å². The van der Waals surface area contributed by atoms with Crippen LogP contribution in [0.15, 0.2) is 46.9 Å². The van der Waals surface area contributed by atoms with Gasteiger partial charge in [-0.05, 0) is 42.3 Å². The first-order valence-electron chi connectivity index (χ1n) is 6.41. The van der Waals surface area contributed by atoms with Crippen molar-refractivity contribution in [3.8, 4) is 11.5 Å². The second-order valence-electron chi connectivity index (χ2n) is 4.53. The van der Waals surface area contributed by atoms with Crippen LogP contribution in [-0.4, -0.2) is 13.7 Å². The lowest BCUT2D eigenvalue weighted by atomic mass is 10.1. The summed E-state index contributed by atoms with van der Waals surface area (Å²) in [6.07, 6.45) is -0.172. The highest BCUT2D eigenvalue weighted by Gasteiger charge is 2.13. The standard InChI is InChI=1S/C16H18BrNO2/c1-11-3-6-13(17)9-15(11)20-16(10-18)12-4-7-14(19-2)8-5-12/h3-9,16H,10,18H2,1-2H3. The van der Waals surface area contributed by atoms with Crippen LogP contribution in [-0.2, 0) is 0 Å². The molecule has 0 radical (unpaired) electrons. The zero-order valence-corrected chi connectivity index (χ0v) is 13.2. The number of halogens is 1. The summed E-state index contributed by atoms with van der Waals surface area (Å²) >= 11 is 3.46. The molecule has 0 fully saturated rings. The normalized spacial score (nSPS) is 12.0. The zero-order valence-electron chi connectivity index (χ0n) is 11.6. The summed E-state index contributed by atoms with van der Waals surface area (Å²) in [7, 11) is 1.65. The first-order chi connectivity index (χ1) is 9.63. The fraction of sp³-hybridized carbons (Fsp3) is 0.250. The Labute approximate surface area is 127 Å². The van der Waals surface area contributed by atoms with E-state index in [1.165, 1.54) is 0 Å². The lowest BCUT2D eigenvalue weighted by molar-refractivity contribution is 0.212. The number of aryl methyl sites for hydroxylation is 1. The molecule has 3 nitrogen and oxygen atoms in total. The molecule has 0 saturated heterocycles. The van der Waals surface area contributed by atoms with E-state index in [9.17, 15) is 0 Å². The monoisotopic (exact) mass is 335 g/mol. The molecule has 0 spiro atoms. The van der Waals surface area contributed by atoms with Crippen molar-refractivity contribution >= 4 is 15.9 Å². The summed E-state index contributed by atoms with van der Waals surface area (Å²) in [6, 6.07) is 13.7. The van der Waals surface area contributed by atoms with Gasteiger partial charge in [-0.3, -0.25) is 0 Å². The maximum Gasteiger partial charge on any atom is 0.136 e. The molecule has 106 valence electrons. The molecule has 1 atom stereocenters. The lowest BCUT2D eigenvalue weighted by Gasteiger charge is -2.19. The fourth-order valence-corrected chi connectivity index (χ4v) is 2.27. The third-order valence-corrected chi connectivity index (χ3v) is 3.61. The van der Waals surface area contributed by atoms with E-state index in [1.807, 2.05) is 49.4 Å². The predicted octanol–water partition coefficient (Wildman–Crippen LogP) is 3.84. The highest BCUT2D eigenvalue weighted by atomic mass is 79.9. The number of nitrogens with two attached hydrogens (primary N) is 1. The smallest absolute Gasteiger partial charge is 0.136 e. The molecule has 0 aliphatic heterocycles. The topological polar surface area (TPSA) is 44.5 Å². The van der Waals surface area contributed by atoms with Crippen LogP contribution >= 0.6 is 15.9 Å². The summed E-state index contributed by atoms with van der Waals surface area (Å²) < 4.78 is 12.2. The summed E-state index contributed by atoms with van der Waals surface area (Å²) in [5.74, 6) is 1.66. The van der Waals surface area contributed by atoms with Gasteiger partial charge in [-0.25, -0.2) is 0 Å². The van der Waals surface area contributed by atoms with Gasteiger partial charge in [0.15, 0.2) is 0 Å². The Morgan fingerprint density at radius 1 is 1.15 bits per heavy atom. The van der Waals surface area contributed by atoms with Gasteiger partial charge in [-0.1, -0.05) is 34.1 Å². The van der Waals surface area contributed by atoms with Gasteiger partial charge in [0.25, 0.3) is 0 Å². The van der Waals surface area contributed by atoms with Crippen LogP contribution in [0.4, 0.5) is 0 Å². The summed E-state index contributed by atoms with van der Waals surface area (Å²) in [6.45, 7) is 2.43. The quantitative estimate of drug-likeness (QED) is 0.902. The van der Waals surface area contributed by atoms with Gasteiger partial charge in [0.2, 0.25) is 0 Å². The Bertz CT molecular complexity index is 569. The maximum atomic E-state index is 6.04. The van der Waals surface area contributed by atoms with Crippen molar-refractivity contribution in [2.75, 3.05) is 13.7 Å². The average Bonchev–Trinajstić information content (AvgIpc) is 2.48. The molecule has 0 aromatic heterocycles. The van der Waals surface area contributed by atoms with Crippen molar-refractivity contribution in [2.45, 2.75) is 13.0 Å². The Morgan fingerprint density at radius 2 is 1.85 bits per heavy atom. The fourth-order valence-electron chi connectivity index (χ4n) is 1.92. The number of ether oxygens (including phenoxy) is 2. The minimum absolute atomic E-state index is 0.172. The third-order valence-electron chi connectivity index (χ3n) is 3.12. The predicted molar refractivity (Wildman–Crippen MR) is 84.3 cm³/mol. The molecular weight excluding hydrogens is 318 g/mol. The Kier molecular flexibility index (Phi) is 5.04. The molecule has 0 aliphatic rings. The maximum absolute atomic E-state index is 6.04. The van der Waals surface area contributed by atoms with E-state index in [0.29, 0.717) is 6.54 Å². The van der Waals surface area contributed by atoms with E-state index >= 15 is 0 Å². The largest absolute Gasteiger partial charge is 0.497 e. The van der Waals surface area contributed by atoms with E-state index in [2.05, 4.69) is 15.9 Å². The number of hydrogen-bond donors (Lipinski definition) is 1. The van der Waals surface area contributed by atoms with Gasteiger partial charge in [0.05, 0.1) is 7.11 Å². The molecule has 0 heterocycles. The molecule has 4 heteroatoms. The van der Waals surface area contributed by atoms with Gasteiger partial charge in [-0.2, -0.15) is 0 Å². The second kappa shape index (κ2) is 6.77. The van der Waals surface area contributed by atoms with Crippen LogP contribution in [0, 0.1) is 6.92 Å². The molecular formula is C16H18BrNO2. The molecule has 2 aromatic rings. The van der Waals surface area contributed by atoms with Crippen LogP contribution in [0.5, 0.6) is 11.5 Å². The van der Waals surface area contributed by atoms with E-state index in [1.54, 1.807) is 7.11 Å². The van der Waals surface area contributed by atoms with Crippen molar-refractivity contribution in [1.82, 2.24) is 0 Å². The molecule has 20 heavy (non-hydrogen) atoms. The molecule has 1 unspecified atom stereocenters. The molecule has 0 saturated carbocycles. The lowest BCUT2D eigenvalue weighted by Crippen LogP contribution is -2.18. The minimum Gasteiger partial charge on any atom is -0.497 e. The van der Waals surface area contributed by atoms with Crippen LogP contribution < -0.4 is 15.2 Å². The third kappa shape index (κ3) is 3.52. The Hall–Kier alpha value is -1.52. The summed E-state index contributed by atoms with van der Waals surface area (Å²) in [5.41, 5.74) is 7.96. The summed E-state index contributed by atoms with van der Waals surface area (Å²) in [5, 5.41) is 0. The highest BCUT2D eigenvalue weighted by molar-refractivity contribution is 9.10. The van der Waals surface area contributed by atoms with Crippen LogP contribution in [0.3, 0.4) is 0 Å². The highest BCUT2D eigenvalue weighted by Crippen LogP contribution is 2.28. The van der Waals surface area contributed by atoms with Crippen molar-refractivity contribution in [2.24, 2.45) is 5.73 Å². The van der Waals surface area contributed by atoms with E-state index in [0.717, 1.165) is 27.1 Å². The van der Waals surface area contributed by atoms with Crippen molar-refractivity contribution in [1.29, 1.82) is 0 Å². The number of hydrogen-bond acceptors (Lipinski definition) is 3. The number of methoxy groups -OCH3 is 1. The van der Waals surface area contributed by atoms with E-state index in [4.69, 9.17) is 15.2 Å². The second-order valence-corrected chi connectivity index (χ2v) is 5.44. The van der Waals surface area contributed by atoms with Gasteiger partial charge < -0.3 is 15.2 Å². The van der Waals surface area contributed by atoms with Crippen LogP contribution in [0.25, 0.3) is 0 Å². The molecule has 2 N–H and O–H groups in total. The molecule has 0 bridgehead atoms. The van der Waals surface area contributed by atoms with Gasteiger partial charge in [0.1, 0.15) is 17.6 Å². The van der Waals surface area contributed by atoms with Gasteiger partial charge in [-0.15, -0.1) is 0 Å². The number of benzene rings is 2. The SMILES string of the molecule is COc1ccc(C(CN)Oc2cc(Br)ccc2C)cc1. The first kappa shape index (κ1) is 14.9. The van der Waals surface area contributed by atoms with E-state index < -0.39 is 0 Å². The minimum atomic E-state index is -0.172.